The molecule has 0 spiro atoms. The summed E-state index contributed by atoms with van der Waals surface area (Å²) in [6.45, 7) is 1.41. The minimum Gasteiger partial charge on any atom is -0.497 e. The van der Waals surface area contributed by atoms with Crippen LogP contribution in [0.4, 0.5) is 11.8 Å². The van der Waals surface area contributed by atoms with E-state index in [1.54, 1.807) is 20.5 Å². The highest BCUT2D eigenvalue weighted by Crippen LogP contribution is 2.29. The summed E-state index contributed by atoms with van der Waals surface area (Å²) in [6, 6.07) is 7.93. The number of methoxy groups -OCH3 is 1. The Morgan fingerprint density at radius 2 is 2.12 bits per heavy atom. The van der Waals surface area contributed by atoms with E-state index >= 15 is 0 Å². The average Bonchev–Trinajstić information content (AvgIpc) is 3.35. The van der Waals surface area contributed by atoms with Gasteiger partial charge in [-0.15, -0.1) is 0 Å². The third-order valence-electron chi connectivity index (χ3n) is 4.48. The van der Waals surface area contributed by atoms with Gasteiger partial charge >= 0.3 is 0 Å². The van der Waals surface area contributed by atoms with Crippen LogP contribution < -0.4 is 15.4 Å². The first-order chi connectivity index (χ1) is 12.8. The minimum absolute atomic E-state index is 0.00551. The highest BCUT2D eigenvalue weighted by molar-refractivity contribution is 5.84. The van der Waals surface area contributed by atoms with Gasteiger partial charge in [0.1, 0.15) is 12.0 Å². The summed E-state index contributed by atoms with van der Waals surface area (Å²) < 4.78 is 13.0. The number of hydrogen-bond acceptors (Lipinski definition) is 7. The van der Waals surface area contributed by atoms with Crippen LogP contribution in [0.2, 0.25) is 0 Å². The predicted molar refractivity (Wildman–Crippen MR) is 99.4 cm³/mol. The van der Waals surface area contributed by atoms with Crippen molar-refractivity contribution in [2.24, 2.45) is 0 Å². The van der Waals surface area contributed by atoms with Gasteiger partial charge in [-0.05, 0) is 30.5 Å². The van der Waals surface area contributed by atoms with E-state index < -0.39 is 0 Å². The third-order valence-corrected chi connectivity index (χ3v) is 4.48. The van der Waals surface area contributed by atoms with Gasteiger partial charge in [-0.2, -0.15) is 9.97 Å². The van der Waals surface area contributed by atoms with Crippen molar-refractivity contribution in [3.8, 4) is 5.75 Å². The van der Waals surface area contributed by atoms with Gasteiger partial charge in [0.15, 0.2) is 17.0 Å². The first-order valence-electron chi connectivity index (χ1n) is 8.69. The van der Waals surface area contributed by atoms with E-state index in [-0.39, 0.29) is 6.23 Å². The second kappa shape index (κ2) is 7.17. The molecule has 0 radical (unpaired) electrons. The SMILES string of the molecule is CNc1nc(NCc2ccc(OC)cc2)c2ncn(C3CCCO3)c2n1. The second-order valence-electron chi connectivity index (χ2n) is 6.14. The van der Waals surface area contributed by atoms with Crippen LogP contribution in [0.1, 0.15) is 24.6 Å². The minimum atomic E-state index is -0.00551. The van der Waals surface area contributed by atoms with Crippen molar-refractivity contribution in [1.82, 2.24) is 19.5 Å². The molecule has 3 aromatic rings. The lowest BCUT2D eigenvalue weighted by atomic mass is 10.2. The smallest absolute Gasteiger partial charge is 0.226 e. The summed E-state index contributed by atoms with van der Waals surface area (Å²) in [5, 5.41) is 6.39. The molecular formula is C18H22N6O2. The van der Waals surface area contributed by atoms with E-state index in [0.29, 0.717) is 18.3 Å². The molecule has 1 aromatic carbocycles. The molecule has 0 bridgehead atoms. The van der Waals surface area contributed by atoms with E-state index in [0.717, 1.165) is 41.9 Å². The summed E-state index contributed by atoms with van der Waals surface area (Å²) in [7, 11) is 3.47. The van der Waals surface area contributed by atoms with Crippen LogP contribution in [0.25, 0.3) is 11.2 Å². The Morgan fingerprint density at radius 1 is 1.27 bits per heavy atom. The second-order valence-corrected chi connectivity index (χ2v) is 6.14. The standard InChI is InChI=1S/C18H22N6O2/c1-19-18-22-16(20-10-12-5-7-13(25-2)8-6-12)15-17(23-18)24(11-21-15)14-4-3-9-26-14/h5-8,11,14H,3-4,9-10H2,1-2H3,(H2,19,20,22,23). The number of fused-ring (bicyclic) bond motifs is 1. The molecule has 136 valence electrons. The molecule has 1 unspecified atom stereocenters. The number of imidazole rings is 1. The van der Waals surface area contributed by atoms with Gasteiger partial charge in [-0.25, -0.2) is 4.98 Å². The Bertz CT molecular complexity index is 887. The number of nitrogens with zero attached hydrogens (tertiary/aromatic N) is 4. The fourth-order valence-corrected chi connectivity index (χ4v) is 3.07. The highest BCUT2D eigenvalue weighted by Gasteiger charge is 2.22. The molecule has 8 nitrogen and oxygen atoms in total. The molecule has 1 aliphatic heterocycles. The maximum absolute atomic E-state index is 5.78. The molecule has 0 aliphatic carbocycles. The van der Waals surface area contributed by atoms with Crippen molar-refractivity contribution >= 4 is 22.9 Å². The molecule has 8 heteroatoms. The molecule has 1 atom stereocenters. The summed E-state index contributed by atoms with van der Waals surface area (Å²) in [5.41, 5.74) is 2.64. The summed E-state index contributed by atoms with van der Waals surface area (Å²) in [6.07, 6.45) is 3.80. The predicted octanol–water partition coefficient (Wildman–Crippen LogP) is 2.80. The molecule has 26 heavy (non-hydrogen) atoms. The van der Waals surface area contributed by atoms with Crippen molar-refractivity contribution in [3.63, 3.8) is 0 Å². The van der Waals surface area contributed by atoms with Crippen molar-refractivity contribution in [1.29, 1.82) is 0 Å². The van der Waals surface area contributed by atoms with Gasteiger partial charge in [0, 0.05) is 20.2 Å². The quantitative estimate of drug-likeness (QED) is 0.704. The Hall–Kier alpha value is -2.87. The summed E-state index contributed by atoms with van der Waals surface area (Å²) in [5.74, 6) is 2.09. The van der Waals surface area contributed by atoms with E-state index in [2.05, 4.69) is 25.6 Å². The fourth-order valence-electron chi connectivity index (χ4n) is 3.07. The zero-order valence-electron chi connectivity index (χ0n) is 14.9. The Kier molecular flexibility index (Phi) is 4.57. The number of hydrogen-bond donors (Lipinski definition) is 2. The van der Waals surface area contributed by atoms with Crippen LogP contribution in [0.5, 0.6) is 5.75 Å². The normalized spacial score (nSPS) is 16.8. The van der Waals surface area contributed by atoms with Gasteiger partial charge in [-0.1, -0.05) is 12.1 Å². The molecule has 1 aliphatic rings. The highest BCUT2D eigenvalue weighted by atomic mass is 16.5. The molecule has 0 amide bonds. The lowest BCUT2D eigenvalue weighted by Crippen LogP contribution is -2.09. The first kappa shape index (κ1) is 16.6. The molecule has 0 saturated carbocycles. The van der Waals surface area contributed by atoms with Crippen molar-refractivity contribution in [2.75, 3.05) is 31.4 Å². The lowest BCUT2D eigenvalue weighted by molar-refractivity contribution is 0.0593. The monoisotopic (exact) mass is 354 g/mol. The lowest BCUT2D eigenvalue weighted by Gasteiger charge is -2.13. The van der Waals surface area contributed by atoms with Crippen LogP contribution in [-0.4, -0.2) is 40.3 Å². The molecular weight excluding hydrogens is 332 g/mol. The van der Waals surface area contributed by atoms with Crippen molar-refractivity contribution in [3.05, 3.63) is 36.2 Å². The number of anilines is 2. The van der Waals surface area contributed by atoms with Gasteiger partial charge in [-0.3, -0.25) is 4.57 Å². The Labute approximate surface area is 151 Å². The molecule has 2 N–H and O–H groups in total. The summed E-state index contributed by atoms with van der Waals surface area (Å²) >= 11 is 0. The zero-order chi connectivity index (χ0) is 17.9. The molecule has 1 saturated heterocycles. The van der Waals surface area contributed by atoms with Crippen LogP contribution in [-0.2, 0) is 11.3 Å². The van der Waals surface area contributed by atoms with E-state index in [1.807, 2.05) is 28.8 Å². The zero-order valence-corrected chi connectivity index (χ0v) is 14.9. The number of ether oxygens (including phenoxy) is 2. The topological polar surface area (TPSA) is 86.1 Å². The van der Waals surface area contributed by atoms with Crippen LogP contribution in [0, 0.1) is 0 Å². The largest absolute Gasteiger partial charge is 0.497 e. The van der Waals surface area contributed by atoms with Gasteiger partial charge in [0.25, 0.3) is 0 Å². The summed E-state index contributed by atoms with van der Waals surface area (Å²) in [4.78, 5) is 13.6. The van der Waals surface area contributed by atoms with Crippen LogP contribution >= 0.6 is 0 Å². The Balaban J connectivity index is 1.62. The first-order valence-corrected chi connectivity index (χ1v) is 8.69. The average molecular weight is 354 g/mol. The van der Waals surface area contributed by atoms with E-state index in [4.69, 9.17) is 9.47 Å². The van der Waals surface area contributed by atoms with Gasteiger partial charge in [0.05, 0.1) is 13.4 Å². The number of nitrogens with one attached hydrogen (secondary N) is 2. The maximum Gasteiger partial charge on any atom is 0.226 e. The molecule has 4 rings (SSSR count). The van der Waals surface area contributed by atoms with Crippen molar-refractivity contribution in [2.45, 2.75) is 25.6 Å². The van der Waals surface area contributed by atoms with E-state index in [9.17, 15) is 0 Å². The molecule has 3 heterocycles. The maximum atomic E-state index is 5.78. The Morgan fingerprint density at radius 3 is 2.81 bits per heavy atom. The van der Waals surface area contributed by atoms with Crippen molar-refractivity contribution < 1.29 is 9.47 Å². The van der Waals surface area contributed by atoms with Crippen LogP contribution in [0.3, 0.4) is 0 Å². The third kappa shape index (κ3) is 3.15. The van der Waals surface area contributed by atoms with Gasteiger partial charge < -0.3 is 20.1 Å². The van der Waals surface area contributed by atoms with E-state index in [1.165, 1.54) is 0 Å². The molecule has 2 aromatic heterocycles. The van der Waals surface area contributed by atoms with Gasteiger partial charge in [0.2, 0.25) is 5.95 Å². The number of aromatic nitrogens is 4. The number of rotatable bonds is 6. The van der Waals surface area contributed by atoms with Crippen LogP contribution in [0.15, 0.2) is 30.6 Å². The fraction of sp³-hybridized carbons (Fsp3) is 0.389. The number of benzene rings is 1. The molecule has 1 fully saturated rings.